The number of hydrogen-bond donors (Lipinski definition) is 1. The van der Waals surface area contributed by atoms with Crippen LogP contribution in [0.25, 0.3) is 0 Å². The molecule has 0 spiro atoms. The van der Waals surface area contributed by atoms with Crippen LogP contribution in [0.4, 0.5) is 4.39 Å². The molecule has 1 aromatic carbocycles. The Morgan fingerprint density at radius 2 is 2.20 bits per heavy atom. The Morgan fingerprint density at radius 3 is 2.85 bits per heavy atom. The number of rotatable bonds is 4. The summed E-state index contributed by atoms with van der Waals surface area (Å²) in [5.74, 6) is 0.477. The standard InChI is InChI=1S/C16H24BrFN2/c1-4-11(2)16-8-19-12(3)9-20(16)10-13-5-14(17)7-15(18)6-13/h5-7,11-12,16,19H,4,8-10H2,1-3H3. The summed E-state index contributed by atoms with van der Waals surface area (Å²) in [6.45, 7) is 9.60. The van der Waals surface area contributed by atoms with Crippen LogP contribution in [0, 0.1) is 11.7 Å². The van der Waals surface area contributed by atoms with E-state index in [0.29, 0.717) is 18.0 Å². The van der Waals surface area contributed by atoms with E-state index < -0.39 is 0 Å². The van der Waals surface area contributed by atoms with Crippen LogP contribution in [0.1, 0.15) is 32.8 Å². The van der Waals surface area contributed by atoms with Crippen LogP contribution in [0.15, 0.2) is 22.7 Å². The second-order valence-corrected chi connectivity index (χ2v) is 6.88. The average Bonchev–Trinajstić information content (AvgIpc) is 2.37. The highest BCUT2D eigenvalue weighted by Gasteiger charge is 2.29. The van der Waals surface area contributed by atoms with Crippen LogP contribution < -0.4 is 5.32 Å². The van der Waals surface area contributed by atoms with Gasteiger partial charge in [0.15, 0.2) is 0 Å². The van der Waals surface area contributed by atoms with Gasteiger partial charge in [0.1, 0.15) is 5.82 Å². The monoisotopic (exact) mass is 342 g/mol. The molecular formula is C16H24BrFN2. The lowest BCUT2D eigenvalue weighted by Crippen LogP contribution is -2.57. The van der Waals surface area contributed by atoms with E-state index in [4.69, 9.17) is 0 Å². The largest absolute Gasteiger partial charge is 0.311 e. The quantitative estimate of drug-likeness (QED) is 0.895. The van der Waals surface area contributed by atoms with Gasteiger partial charge < -0.3 is 5.32 Å². The number of benzene rings is 1. The highest BCUT2D eigenvalue weighted by molar-refractivity contribution is 9.10. The first-order valence-corrected chi connectivity index (χ1v) is 8.21. The average molecular weight is 343 g/mol. The minimum atomic E-state index is -0.169. The van der Waals surface area contributed by atoms with E-state index in [1.165, 1.54) is 12.5 Å². The number of piperazine rings is 1. The lowest BCUT2D eigenvalue weighted by Gasteiger charge is -2.42. The Labute approximate surface area is 129 Å². The molecule has 0 radical (unpaired) electrons. The normalized spacial score (nSPS) is 25.6. The molecule has 112 valence electrons. The molecule has 1 saturated heterocycles. The predicted octanol–water partition coefficient (Wildman–Crippen LogP) is 3.80. The molecule has 0 amide bonds. The molecule has 0 saturated carbocycles. The number of nitrogens with one attached hydrogen (secondary N) is 1. The van der Waals surface area contributed by atoms with Crippen molar-refractivity contribution in [2.75, 3.05) is 13.1 Å². The van der Waals surface area contributed by atoms with Crippen LogP contribution in [-0.2, 0) is 6.54 Å². The first-order valence-electron chi connectivity index (χ1n) is 7.42. The van der Waals surface area contributed by atoms with Crippen LogP contribution in [-0.4, -0.2) is 30.1 Å². The summed E-state index contributed by atoms with van der Waals surface area (Å²) in [7, 11) is 0. The Bertz CT molecular complexity index is 432. The van der Waals surface area contributed by atoms with E-state index in [2.05, 4.69) is 46.9 Å². The predicted molar refractivity (Wildman–Crippen MR) is 85.2 cm³/mol. The van der Waals surface area contributed by atoms with Crippen molar-refractivity contribution in [2.45, 2.75) is 45.8 Å². The molecule has 1 heterocycles. The maximum Gasteiger partial charge on any atom is 0.124 e. The van der Waals surface area contributed by atoms with Gasteiger partial charge in [0.05, 0.1) is 0 Å². The van der Waals surface area contributed by atoms with Crippen LogP contribution in [0.5, 0.6) is 0 Å². The van der Waals surface area contributed by atoms with E-state index in [1.54, 1.807) is 6.07 Å². The summed E-state index contributed by atoms with van der Waals surface area (Å²) in [4.78, 5) is 2.50. The Balaban J connectivity index is 2.14. The van der Waals surface area contributed by atoms with Crippen molar-refractivity contribution in [3.63, 3.8) is 0 Å². The molecule has 3 unspecified atom stereocenters. The molecule has 20 heavy (non-hydrogen) atoms. The van der Waals surface area contributed by atoms with Crippen molar-refractivity contribution in [1.82, 2.24) is 10.2 Å². The summed E-state index contributed by atoms with van der Waals surface area (Å²) in [6.07, 6.45) is 1.17. The van der Waals surface area contributed by atoms with Crippen molar-refractivity contribution < 1.29 is 4.39 Å². The third kappa shape index (κ3) is 4.03. The third-order valence-corrected chi connectivity index (χ3v) is 4.72. The Hall–Kier alpha value is -0.450. The summed E-state index contributed by atoms with van der Waals surface area (Å²) >= 11 is 3.38. The second-order valence-electron chi connectivity index (χ2n) is 5.97. The van der Waals surface area contributed by atoms with Gasteiger partial charge in [0.2, 0.25) is 0 Å². The van der Waals surface area contributed by atoms with Crippen molar-refractivity contribution in [3.8, 4) is 0 Å². The van der Waals surface area contributed by atoms with E-state index in [0.717, 1.165) is 29.7 Å². The second kappa shape index (κ2) is 7.01. The Morgan fingerprint density at radius 1 is 1.45 bits per heavy atom. The van der Waals surface area contributed by atoms with Gasteiger partial charge in [-0.3, -0.25) is 4.90 Å². The van der Waals surface area contributed by atoms with Gasteiger partial charge in [-0.1, -0.05) is 36.2 Å². The maximum absolute atomic E-state index is 13.5. The van der Waals surface area contributed by atoms with Gasteiger partial charge in [0, 0.05) is 36.2 Å². The van der Waals surface area contributed by atoms with Crippen LogP contribution in [0.2, 0.25) is 0 Å². The summed E-state index contributed by atoms with van der Waals surface area (Å²) in [6, 6.07) is 6.19. The highest BCUT2D eigenvalue weighted by atomic mass is 79.9. The van der Waals surface area contributed by atoms with Crippen LogP contribution >= 0.6 is 15.9 Å². The molecule has 1 aromatic rings. The lowest BCUT2D eigenvalue weighted by atomic mass is 9.94. The Kier molecular flexibility index (Phi) is 5.58. The number of hydrogen-bond acceptors (Lipinski definition) is 2. The molecule has 2 nitrogen and oxygen atoms in total. The van der Waals surface area contributed by atoms with E-state index >= 15 is 0 Å². The van der Waals surface area contributed by atoms with Gasteiger partial charge in [0.25, 0.3) is 0 Å². The zero-order valence-corrected chi connectivity index (χ0v) is 14.1. The fourth-order valence-corrected chi connectivity index (χ4v) is 3.47. The van der Waals surface area contributed by atoms with Crippen molar-refractivity contribution in [2.24, 2.45) is 5.92 Å². The van der Waals surface area contributed by atoms with E-state index in [1.807, 2.05) is 6.07 Å². The smallest absolute Gasteiger partial charge is 0.124 e. The molecule has 4 heteroatoms. The van der Waals surface area contributed by atoms with Gasteiger partial charge in [-0.15, -0.1) is 0 Å². The third-order valence-electron chi connectivity index (χ3n) is 4.26. The molecule has 2 rings (SSSR count). The van der Waals surface area contributed by atoms with Gasteiger partial charge in [-0.25, -0.2) is 4.39 Å². The van der Waals surface area contributed by atoms with Gasteiger partial charge in [-0.05, 0) is 36.6 Å². The highest BCUT2D eigenvalue weighted by Crippen LogP contribution is 2.22. The van der Waals surface area contributed by atoms with E-state index in [9.17, 15) is 4.39 Å². The molecule has 1 aliphatic rings. The summed E-state index contributed by atoms with van der Waals surface area (Å²) in [5.41, 5.74) is 1.04. The van der Waals surface area contributed by atoms with Gasteiger partial charge in [-0.2, -0.15) is 0 Å². The maximum atomic E-state index is 13.5. The SMILES string of the molecule is CCC(C)C1CNC(C)CN1Cc1cc(F)cc(Br)c1. The minimum Gasteiger partial charge on any atom is -0.311 e. The molecule has 0 aliphatic carbocycles. The first kappa shape index (κ1) is 15.9. The number of halogens is 2. The van der Waals surface area contributed by atoms with Gasteiger partial charge >= 0.3 is 0 Å². The molecule has 1 N–H and O–H groups in total. The zero-order valence-electron chi connectivity index (χ0n) is 12.5. The van der Waals surface area contributed by atoms with E-state index in [-0.39, 0.29) is 5.82 Å². The van der Waals surface area contributed by atoms with Crippen LogP contribution in [0.3, 0.4) is 0 Å². The fraction of sp³-hybridized carbons (Fsp3) is 0.625. The van der Waals surface area contributed by atoms with Crippen molar-refractivity contribution in [1.29, 1.82) is 0 Å². The lowest BCUT2D eigenvalue weighted by molar-refractivity contribution is 0.0884. The summed E-state index contributed by atoms with van der Waals surface area (Å²) < 4.78 is 14.3. The topological polar surface area (TPSA) is 15.3 Å². The molecule has 1 fully saturated rings. The molecular weight excluding hydrogens is 319 g/mol. The molecule has 0 aromatic heterocycles. The number of nitrogens with zero attached hydrogens (tertiary/aromatic N) is 1. The summed E-state index contributed by atoms with van der Waals surface area (Å²) in [5, 5.41) is 3.56. The molecule has 0 bridgehead atoms. The molecule has 3 atom stereocenters. The van der Waals surface area contributed by atoms with Crippen molar-refractivity contribution >= 4 is 15.9 Å². The first-order chi connectivity index (χ1) is 9.49. The zero-order chi connectivity index (χ0) is 14.7. The van der Waals surface area contributed by atoms with Crippen molar-refractivity contribution in [3.05, 3.63) is 34.1 Å². The molecule has 1 aliphatic heterocycles. The minimum absolute atomic E-state index is 0.169. The fourth-order valence-electron chi connectivity index (χ4n) is 2.95.